The van der Waals surface area contributed by atoms with Crippen molar-refractivity contribution in [1.82, 2.24) is 9.78 Å². The Morgan fingerprint density at radius 1 is 1.43 bits per heavy atom. The van der Waals surface area contributed by atoms with Crippen molar-refractivity contribution in [3.63, 3.8) is 0 Å². The van der Waals surface area contributed by atoms with E-state index in [1.807, 2.05) is 13.8 Å². The Balaban J connectivity index is 2.33. The summed E-state index contributed by atoms with van der Waals surface area (Å²) in [6, 6.07) is 5.17. The van der Waals surface area contributed by atoms with E-state index in [4.69, 9.17) is 5.73 Å². The molecule has 0 unspecified atom stereocenters. The lowest BCUT2D eigenvalue weighted by Gasteiger charge is -2.09. The summed E-state index contributed by atoms with van der Waals surface area (Å²) in [4.78, 5) is 0.155. The van der Waals surface area contributed by atoms with Gasteiger partial charge in [-0.25, -0.2) is 8.42 Å². The van der Waals surface area contributed by atoms with Gasteiger partial charge in [-0.1, -0.05) is 6.07 Å². The molecule has 0 spiro atoms. The zero-order valence-electron chi connectivity index (χ0n) is 11.7. The summed E-state index contributed by atoms with van der Waals surface area (Å²) in [5.41, 5.74) is 6.73. The summed E-state index contributed by atoms with van der Waals surface area (Å²) in [7, 11) is -3.69. The lowest BCUT2D eigenvalue weighted by molar-refractivity contribution is 0.532. The SMILES string of the molecule is CC(C)n1cc(NS(=O)(=O)c2cc(CN)ccc2Br)cn1. The largest absolute Gasteiger partial charge is 0.326 e. The van der Waals surface area contributed by atoms with E-state index >= 15 is 0 Å². The molecule has 2 aromatic rings. The Kier molecular flexibility index (Phi) is 4.70. The van der Waals surface area contributed by atoms with Crippen LogP contribution >= 0.6 is 15.9 Å². The van der Waals surface area contributed by atoms with Crippen molar-refractivity contribution in [2.24, 2.45) is 5.73 Å². The molecule has 1 aromatic carbocycles. The molecule has 0 atom stereocenters. The molecule has 0 bridgehead atoms. The third-order valence-electron chi connectivity index (χ3n) is 2.90. The van der Waals surface area contributed by atoms with E-state index in [0.717, 1.165) is 5.56 Å². The highest BCUT2D eigenvalue weighted by molar-refractivity contribution is 9.10. The van der Waals surface area contributed by atoms with E-state index in [9.17, 15) is 8.42 Å². The predicted octanol–water partition coefficient (Wildman–Crippen LogP) is 2.49. The van der Waals surface area contributed by atoms with Gasteiger partial charge >= 0.3 is 0 Å². The van der Waals surface area contributed by atoms with Crippen molar-refractivity contribution in [1.29, 1.82) is 0 Å². The molecule has 0 aliphatic heterocycles. The van der Waals surface area contributed by atoms with Crippen LogP contribution in [-0.4, -0.2) is 18.2 Å². The number of benzene rings is 1. The van der Waals surface area contributed by atoms with E-state index in [1.54, 1.807) is 29.1 Å². The van der Waals surface area contributed by atoms with Gasteiger partial charge in [0.25, 0.3) is 10.0 Å². The second-order valence-electron chi connectivity index (χ2n) is 4.88. The molecular weight excluding hydrogens is 356 g/mol. The van der Waals surface area contributed by atoms with Gasteiger partial charge in [0, 0.05) is 23.3 Å². The van der Waals surface area contributed by atoms with E-state index in [1.165, 1.54) is 6.20 Å². The van der Waals surface area contributed by atoms with Crippen LogP contribution in [0.5, 0.6) is 0 Å². The van der Waals surface area contributed by atoms with Gasteiger partial charge in [0.15, 0.2) is 0 Å². The highest BCUT2D eigenvalue weighted by Gasteiger charge is 2.19. The molecule has 3 N–H and O–H groups in total. The number of hydrogen-bond donors (Lipinski definition) is 2. The summed E-state index contributed by atoms with van der Waals surface area (Å²) in [6.45, 7) is 4.21. The molecule has 21 heavy (non-hydrogen) atoms. The van der Waals surface area contributed by atoms with Crippen molar-refractivity contribution < 1.29 is 8.42 Å². The molecule has 0 saturated heterocycles. The zero-order valence-corrected chi connectivity index (χ0v) is 14.1. The molecule has 1 heterocycles. The molecular formula is C13H17BrN4O2S. The molecule has 0 aliphatic rings. The fourth-order valence-corrected chi connectivity index (χ4v) is 3.81. The summed E-state index contributed by atoms with van der Waals surface area (Å²) >= 11 is 3.26. The first-order valence-corrected chi connectivity index (χ1v) is 8.66. The molecule has 0 fully saturated rings. The Labute approximate surface area is 132 Å². The first-order chi connectivity index (χ1) is 9.83. The van der Waals surface area contributed by atoms with Gasteiger partial charge in [-0.05, 0) is 47.5 Å². The van der Waals surface area contributed by atoms with Crippen LogP contribution in [0.2, 0.25) is 0 Å². The Bertz CT molecular complexity index is 740. The Morgan fingerprint density at radius 3 is 2.71 bits per heavy atom. The average Bonchev–Trinajstić information content (AvgIpc) is 2.87. The van der Waals surface area contributed by atoms with Gasteiger partial charge in [0.05, 0.1) is 11.9 Å². The van der Waals surface area contributed by atoms with Crippen LogP contribution in [0.1, 0.15) is 25.5 Å². The van der Waals surface area contributed by atoms with Crippen LogP contribution in [-0.2, 0) is 16.6 Å². The third kappa shape index (κ3) is 3.63. The monoisotopic (exact) mass is 372 g/mol. The minimum Gasteiger partial charge on any atom is -0.326 e. The smallest absolute Gasteiger partial charge is 0.263 e. The van der Waals surface area contributed by atoms with E-state index in [0.29, 0.717) is 10.2 Å². The fourth-order valence-electron chi connectivity index (χ4n) is 1.76. The maximum absolute atomic E-state index is 12.5. The first-order valence-electron chi connectivity index (χ1n) is 6.39. The maximum atomic E-state index is 12.5. The van der Waals surface area contributed by atoms with E-state index < -0.39 is 10.0 Å². The fraction of sp³-hybridized carbons (Fsp3) is 0.308. The third-order valence-corrected chi connectivity index (χ3v) is 5.28. The molecule has 2 rings (SSSR count). The minimum atomic E-state index is -3.69. The summed E-state index contributed by atoms with van der Waals surface area (Å²) in [5, 5.41) is 4.11. The molecule has 8 heteroatoms. The molecule has 6 nitrogen and oxygen atoms in total. The zero-order chi connectivity index (χ0) is 15.6. The van der Waals surface area contributed by atoms with Crippen LogP contribution in [0.25, 0.3) is 0 Å². The highest BCUT2D eigenvalue weighted by atomic mass is 79.9. The normalized spacial score (nSPS) is 11.9. The second kappa shape index (κ2) is 6.17. The van der Waals surface area contributed by atoms with Crippen LogP contribution < -0.4 is 10.5 Å². The minimum absolute atomic E-state index is 0.155. The molecule has 0 amide bonds. The van der Waals surface area contributed by atoms with Gasteiger partial charge in [-0.15, -0.1) is 0 Å². The van der Waals surface area contributed by atoms with Crippen LogP contribution in [0.4, 0.5) is 5.69 Å². The number of halogens is 1. The van der Waals surface area contributed by atoms with Crippen molar-refractivity contribution in [3.05, 3.63) is 40.6 Å². The van der Waals surface area contributed by atoms with Crippen molar-refractivity contribution in [2.75, 3.05) is 4.72 Å². The maximum Gasteiger partial charge on any atom is 0.263 e. The standard InChI is InChI=1S/C13H17BrN4O2S/c1-9(2)18-8-11(7-16-18)17-21(19,20)13-5-10(6-15)3-4-12(13)14/h3-5,7-9,17H,6,15H2,1-2H3. The predicted molar refractivity (Wildman–Crippen MR) is 85.5 cm³/mol. The molecule has 114 valence electrons. The molecule has 0 radical (unpaired) electrons. The lowest BCUT2D eigenvalue weighted by Crippen LogP contribution is -2.14. The number of rotatable bonds is 5. The number of anilines is 1. The number of hydrogen-bond acceptors (Lipinski definition) is 4. The number of nitrogens with one attached hydrogen (secondary N) is 1. The topological polar surface area (TPSA) is 90.0 Å². The number of nitrogens with zero attached hydrogens (tertiary/aromatic N) is 2. The van der Waals surface area contributed by atoms with Crippen molar-refractivity contribution in [2.45, 2.75) is 31.3 Å². The van der Waals surface area contributed by atoms with Crippen molar-refractivity contribution in [3.8, 4) is 0 Å². The average molecular weight is 373 g/mol. The molecule has 0 aliphatic carbocycles. The van der Waals surface area contributed by atoms with Gasteiger partial charge in [-0.3, -0.25) is 9.40 Å². The van der Waals surface area contributed by atoms with Gasteiger partial charge < -0.3 is 5.73 Å². The summed E-state index contributed by atoms with van der Waals surface area (Å²) < 4.78 is 29.6. The number of nitrogens with two attached hydrogens (primary N) is 1. The Morgan fingerprint density at radius 2 is 2.14 bits per heavy atom. The Hall–Kier alpha value is -1.38. The van der Waals surface area contributed by atoms with Crippen LogP contribution in [0.15, 0.2) is 40.0 Å². The second-order valence-corrected chi connectivity index (χ2v) is 7.38. The molecule has 0 saturated carbocycles. The lowest BCUT2D eigenvalue weighted by atomic mass is 10.2. The van der Waals surface area contributed by atoms with Crippen LogP contribution in [0, 0.1) is 0 Å². The molecule has 1 aromatic heterocycles. The van der Waals surface area contributed by atoms with Gasteiger partial charge in [0.1, 0.15) is 4.90 Å². The van der Waals surface area contributed by atoms with Gasteiger partial charge in [0.2, 0.25) is 0 Å². The van der Waals surface area contributed by atoms with E-state index in [-0.39, 0.29) is 17.5 Å². The van der Waals surface area contributed by atoms with Crippen LogP contribution in [0.3, 0.4) is 0 Å². The summed E-state index contributed by atoms with van der Waals surface area (Å²) in [6.07, 6.45) is 3.14. The first kappa shape index (κ1) is 16.0. The van der Waals surface area contributed by atoms with Crippen molar-refractivity contribution >= 4 is 31.6 Å². The van der Waals surface area contributed by atoms with E-state index in [2.05, 4.69) is 25.8 Å². The summed E-state index contributed by atoms with van der Waals surface area (Å²) in [5.74, 6) is 0. The highest BCUT2D eigenvalue weighted by Crippen LogP contribution is 2.25. The number of sulfonamides is 1. The number of aromatic nitrogens is 2. The quantitative estimate of drug-likeness (QED) is 0.843. The van der Waals surface area contributed by atoms with Gasteiger partial charge in [-0.2, -0.15) is 5.10 Å².